The maximum atomic E-state index is 14.0. The largest absolute Gasteiger partial charge is 0.395 e. The summed E-state index contributed by atoms with van der Waals surface area (Å²) in [6, 6.07) is 7.08. The minimum absolute atomic E-state index is 0.173. The van der Waals surface area contributed by atoms with E-state index in [9.17, 15) is 18.3 Å². The lowest BCUT2D eigenvalue weighted by Gasteiger charge is -2.43. The summed E-state index contributed by atoms with van der Waals surface area (Å²) in [4.78, 5) is 22.2. The number of aliphatic hydroxyl groups excluding tert-OH is 1. The molecule has 0 saturated carbocycles. The summed E-state index contributed by atoms with van der Waals surface area (Å²) >= 11 is 0. The number of aryl methyl sites for hydroxylation is 1. The fourth-order valence-corrected chi connectivity index (χ4v) is 5.39. The normalized spacial score (nSPS) is 17.1. The molecule has 2 amide bonds. The van der Waals surface area contributed by atoms with Gasteiger partial charge in [0.1, 0.15) is 5.82 Å². The Hall–Kier alpha value is -2.47. The molecule has 1 fully saturated rings. The summed E-state index contributed by atoms with van der Waals surface area (Å²) in [5.74, 6) is 0.729. The van der Waals surface area contributed by atoms with E-state index in [2.05, 4.69) is 20.8 Å². The van der Waals surface area contributed by atoms with E-state index >= 15 is 0 Å². The van der Waals surface area contributed by atoms with Gasteiger partial charge >= 0.3 is 6.03 Å². The highest BCUT2D eigenvalue weighted by Gasteiger charge is 2.40. The van der Waals surface area contributed by atoms with Crippen LogP contribution < -0.4 is 5.73 Å². The molecule has 0 spiro atoms. The molecule has 200 valence electrons. The molecular formula is C25H40N6O4S. The first kappa shape index (κ1) is 28.1. The quantitative estimate of drug-likeness (QED) is 0.548. The Morgan fingerprint density at radius 2 is 1.78 bits per heavy atom. The van der Waals surface area contributed by atoms with Gasteiger partial charge in [0.05, 0.1) is 18.9 Å². The Morgan fingerprint density at radius 3 is 2.31 bits per heavy atom. The van der Waals surface area contributed by atoms with Gasteiger partial charge in [0.15, 0.2) is 0 Å². The zero-order valence-corrected chi connectivity index (χ0v) is 22.8. The SMILES string of the molecule is Cc1ccc(-n2ccnc2C(N(CCC(N)CO)C(=O)N2CCN(S(C)(=O)=O)CC2)C(C)(C)C)cc1. The van der Waals surface area contributed by atoms with Gasteiger partial charge in [-0.25, -0.2) is 18.2 Å². The van der Waals surface area contributed by atoms with Crippen molar-refractivity contribution in [2.75, 3.05) is 45.6 Å². The van der Waals surface area contributed by atoms with Crippen LogP contribution >= 0.6 is 0 Å². The monoisotopic (exact) mass is 520 g/mol. The van der Waals surface area contributed by atoms with Gasteiger partial charge in [-0.1, -0.05) is 38.5 Å². The van der Waals surface area contributed by atoms with Crippen molar-refractivity contribution in [2.24, 2.45) is 11.1 Å². The lowest BCUT2D eigenvalue weighted by atomic mass is 9.84. The van der Waals surface area contributed by atoms with Gasteiger partial charge < -0.3 is 25.2 Å². The summed E-state index contributed by atoms with van der Waals surface area (Å²) in [5.41, 5.74) is 7.74. The van der Waals surface area contributed by atoms with Crippen molar-refractivity contribution in [1.82, 2.24) is 23.7 Å². The Kier molecular flexibility index (Phi) is 8.81. The highest BCUT2D eigenvalue weighted by atomic mass is 32.2. The van der Waals surface area contributed by atoms with Gasteiger partial charge in [-0.05, 0) is 30.9 Å². The van der Waals surface area contributed by atoms with Crippen molar-refractivity contribution in [3.63, 3.8) is 0 Å². The van der Waals surface area contributed by atoms with Crippen molar-refractivity contribution in [1.29, 1.82) is 0 Å². The van der Waals surface area contributed by atoms with Crippen molar-refractivity contribution in [3.05, 3.63) is 48.0 Å². The second kappa shape index (κ2) is 11.3. The molecule has 11 heteroatoms. The molecule has 3 N–H and O–H groups in total. The maximum Gasteiger partial charge on any atom is 0.320 e. The topological polar surface area (TPSA) is 125 Å². The molecule has 3 rings (SSSR count). The first-order valence-electron chi connectivity index (χ1n) is 12.3. The predicted molar refractivity (Wildman–Crippen MR) is 140 cm³/mol. The Balaban J connectivity index is 1.99. The average Bonchev–Trinajstić information content (AvgIpc) is 3.29. The molecule has 2 atom stereocenters. The molecule has 2 heterocycles. The van der Waals surface area contributed by atoms with Crippen LogP contribution in [0.15, 0.2) is 36.7 Å². The second-order valence-electron chi connectivity index (χ2n) is 10.6. The summed E-state index contributed by atoms with van der Waals surface area (Å²) in [7, 11) is -3.31. The smallest absolute Gasteiger partial charge is 0.320 e. The number of carbonyl (C=O) groups excluding carboxylic acids is 1. The molecule has 2 aromatic rings. The standard InChI is InChI=1S/C25H40N6O4S/c1-19-6-8-21(9-7-19)30-13-11-27-23(30)22(25(2,3)4)31(12-10-20(26)18-32)24(33)28-14-16-29(17-15-28)36(5,34)35/h6-9,11,13,20,22,32H,10,12,14-18,26H2,1-5H3. The number of sulfonamides is 1. The van der Waals surface area contributed by atoms with E-state index in [1.807, 2.05) is 42.0 Å². The molecule has 1 aliphatic heterocycles. The molecule has 36 heavy (non-hydrogen) atoms. The summed E-state index contributed by atoms with van der Waals surface area (Å²) in [6.45, 7) is 9.52. The fraction of sp³-hybridized carbons (Fsp3) is 0.600. The molecule has 1 saturated heterocycles. The summed E-state index contributed by atoms with van der Waals surface area (Å²) in [6.07, 6.45) is 5.24. The minimum Gasteiger partial charge on any atom is -0.395 e. The van der Waals surface area contributed by atoms with E-state index in [0.717, 1.165) is 17.1 Å². The zero-order valence-electron chi connectivity index (χ0n) is 22.0. The second-order valence-corrected chi connectivity index (χ2v) is 12.6. The van der Waals surface area contributed by atoms with E-state index in [4.69, 9.17) is 10.7 Å². The van der Waals surface area contributed by atoms with Crippen LogP contribution in [0.4, 0.5) is 4.79 Å². The zero-order chi connectivity index (χ0) is 26.7. The summed E-state index contributed by atoms with van der Waals surface area (Å²) < 4.78 is 27.3. The number of imidazole rings is 1. The molecule has 10 nitrogen and oxygen atoms in total. The molecular weight excluding hydrogens is 480 g/mol. The number of nitrogens with zero attached hydrogens (tertiary/aromatic N) is 5. The van der Waals surface area contributed by atoms with Gasteiger partial charge in [0.2, 0.25) is 10.0 Å². The van der Waals surface area contributed by atoms with Crippen molar-refractivity contribution in [3.8, 4) is 5.69 Å². The molecule has 0 bridgehead atoms. The fourth-order valence-electron chi connectivity index (χ4n) is 4.56. The van der Waals surface area contributed by atoms with Gasteiger partial charge in [0, 0.05) is 56.8 Å². The predicted octanol–water partition coefficient (Wildman–Crippen LogP) is 1.98. The van der Waals surface area contributed by atoms with Crippen LogP contribution in [0, 0.1) is 12.3 Å². The number of carbonyl (C=O) groups is 1. The van der Waals surface area contributed by atoms with E-state index in [1.165, 1.54) is 10.6 Å². The number of rotatable bonds is 8. The van der Waals surface area contributed by atoms with Crippen LogP contribution in [0.3, 0.4) is 0 Å². The van der Waals surface area contributed by atoms with Gasteiger partial charge in [0.25, 0.3) is 0 Å². The van der Waals surface area contributed by atoms with E-state index in [0.29, 0.717) is 26.1 Å². The third-order valence-corrected chi connectivity index (χ3v) is 7.86. The number of piperazine rings is 1. The van der Waals surface area contributed by atoms with E-state index in [1.54, 1.807) is 16.0 Å². The first-order chi connectivity index (χ1) is 16.8. The van der Waals surface area contributed by atoms with E-state index < -0.39 is 22.1 Å². The number of hydrogen-bond donors (Lipinski definition) is 2. The van der Waals surface area contributed by atoms with E-state index in [-0.39, 0.29) is 31.1 Å². The Labute approximate surface area is 214 Å². The highest BCUT2D eigenvalue weighted by Crippen LogP contribution is 2.39. The van der Waals surface area contributed by atoms with Crippen molar-refractivity contribution >= 4 is 16.1 Å². The third-order valence-electron chi connectivity index (χ3n) is 6.56. The third kappa shape index (κ3) is 6.64. The van der Waals surface area contributed by atoms with Crippen LogP contribution in [-0.4, -0.2) is 94.8 Å². The van der Waals surface area contributed by atoms with Gasteiger partial charge in [-0.15, -0.1) is 0 Å². The maximum absolute atomic E-state index is 14.0. The number of amides is 2. The lowest BCUT2D eigenvalue weighted by Crippen LogP contribution is -2.56. The number of urea groups is 1. The highest BCUT2D eigenvalue weighted by molar-refractivity contribution is 7.88. The molecule has 0 radical (unpaired) electrons. The van der Waals surface area contributed by atoms with Crippen LogP contribution in [0.25, 0.3) is 5.69 Å². The number of aromatic nitrogens is 2. The number of nitrogens with two attached hydrogens (primary N) is 1. The van der Waals surface area contributed by atoms with Crippen LogP contribution in [0.5, 0.6) is 0 Å². The lowest BCUT2D eigenvalue weighted by molar-refractivity contribution is 0.0735. The van der Waals surface area contributed by atoms with Crippen LogP contribution in [-0.2, 0) is 10.0 Å². The van der Waals surface area contributed by atoms with Crippen LogP contribution in [0.2, 0.25) is 0 Å². The van der Waals surface area contributed by atoms with Crippen LogP contribution in [0.1, 0.15) is 44.6 Å². The number of benzene rings is 1. The van der Waals surface area contributed by atoms with Gasteiger partial charge in [-0.2, -0.15) is 4.31 Å². The number of aliphatic hydroxyl groups is 1. The molecule has 2 unspecified atom stereocenters. The van der Waals surface area contributed by atoms with Crippen molar-refractivity contribution in [2.45, 2.75) is 46.2 Å². The molecule has 0 aliphatic carbocycles. The minimum atomic E-state index is -3.31. The molecule has 1 aromatic heterocycles. The van der Waals surface area contributed by atoms with Gasteiger partial charge in [-0.3, -0.25) is 0 Å². The molecule has 1 aromatic carbocycles. The number of hydrogen-bond acceptors (Lipinski definition) is 6. The molecule has 1 aliphatic rings. The van der Waals surface area contributed by atoms with Crippen molar-refractivity contribution < 1.29 is 18.3 Å². The summed E-state index contributed by atoms with van der Waals surface area (Å²) in [5, 5.41) is 9.52. The first-order valence-corrected chi connectivity index (χ1v) is 14.1. The average molecular weight is 521 g/mol. The Morgan fingerprint density at radius 1 is 1.17 bits per heavy atom. The Bertz CT molecular complexity index is 1120.